The van der Waals surface area contributed by atoms with Crippen LogP contribution in [0.3, 0.4) is 0 Å². The Bertz CT molecular complexity index is 1040. The Hall–Kier alpha value is -2.89. The Labute approximate surface area is 196 Å². The number of hydrogen-bond donors (Lipinski definition) is 0. The normalized spacial score (nSPS) is 22.5. The molecule has 3 heterocycles. The summed E-state index contributed by atoms with van der Waals surface area (Å²) in [5.74, 6) is 1.84. The Morgan fingerprint density at radius 3 is 2.39 bits per heavy atom. The molecule has 6 nitrogen and oxygen atoms in total. The van der Waals surface area contributed by atoms with Gasteiger partial charge in [0.05, 0.1) is 6.04 Å². The molecule has 1 aromatic heterocycles. The van der Waals surface area contributed by atoms with Crippen molar-refractivity contribution in [2.24, 2.45) is 5.41 Å². The van der Waals surface area contributed by atoms with Crippen LogP contribution in [0.2, 0.25) is 0 Å². The summed E-state index contributed by atoms with van der Waals surface area (Å²) >= 11 is 0. The molecule has 0 spiro atoms. The van der Waals surface area contributed by atoms with E-state index in [0.29, 0.717) is 24.6 Å². The highest BCUT2D eigenvalue weighted by Gasteiger charge is 2.37. The average Bonchev–Trinajstić information content (AvgIpc) is 3.62. The molecule has 1 aliphatic carbocycles. The second-order valence-electron chi connectivity index (χ2n) is 10.7. The van der Waals surface area contributed by atoms with Crippen molar-refractivity contribution in [1.82, 2.24) is 9.88 Å². The summed E-state index contributed by atoms with van der Waals surface area (Å²) in [5.41, 5.74) is 4.43. The van der Waals surface area contributed by atoms with Gasteiger partial charge in [0.25, 0.3) is 5.91 Å². The van der Waals surface area contributed by atoms with Crippen molar-refractivity contribution in [3.63, 3.8) is 0 Å². The number of pyridine rings is 1. The van der Waals surface area contributed by atoms with Gasteiger partial charge in [0.1, 0.15) is 12.1 Å². The summed E-state index contributed by atoms with van der Waals surface area (Å²) < 4.78 is 0. The van der Waals surface area contributed by atoms with Crippen LogP contribution in [0.4, 0.5) is 11.5 Å². The summed E-state index contributed by atoms with van der Waals surface area (Å²) in [6.45, 7) is 10.4. The molecule has 174 valence electrons. The van der Waals surface area contributed by atoms with E-state index in [1.165, 1.54) is 24.0 Å². The van der Waals surface area contributed by atoms with E-state index >= 15 is 0 Å². The van der Waals surface area contributed by atoms with Crippen LogP contribution in [0, 0.1) is 12.3 Å². The number of nitrogens with zero attached hydrogens (tertiary/aromatic N) is 4. The molecule has 33 heavy (non-hydrogen) atoms. The number of piperazine rings is 1. The Morgan fingerprint density at radius 1 is 1.09 bits per heavy atom. The lowest BCUT2D eigenvalue weighted by atomic mass is 9.91. The van der Waals surface area contributed by atoms with Crippen LogP contribution in [0.1, 0.15) is 60.5 Å². The minimum atomic E-state index is -0.0926. The smallest absolute Gasteiger partial charge is 0.253 e. The number of aromatic nitrogens is 1. The monoisotopic (exact) mass is 446 g/mol. The molecular weight excluding hydrogens is 412 g/mol. The fourth-order valence-electron chi connectivity index (χ4n) is 5.38. The highest BCUT2D eigenvalue weighted by Crippen LogP contribution is 2.40. The van der Waals surface area contributed by atoms with E-state index in [-0.39, 0.29) is 17.4 Å². The topological polar surface area (TPSA) is 56.8 Å². The van der Waals surface area contributed by atoms with Crippen LogP contribution in [0.25, 0.3) is 0 Å². The predicted octanol–water partition coefficient (Wildman–Crippen LogP) is 4.03. The molecule has 1 amide bonds. The maximum atomic E-state index is 13.1. The molecule has 2 saturated heterocycles. The van der Waals surface area contributed by atoms with Crippen molar-refractivity contribution in [1.29, 1.82) is 0 Å². The van der Waals surface area contributed by atoms with Crippen molar-refractivity contribution >= 4 is 23.7 Å². The maximum absolute atomic E-state index is 13.1. The number of aryl methyl sites for hydroxylation is 1. The molecule has 1 unspecified atom stereocenters. The molecule has 6 heteroatoms. The molecule has 5 rings (SSSR count). The van der Waals surface area contributed by atoms with Gasteiger partial charge in [-0.3, -0.25) is 4.79 Å². The van der Waals surface area contributed by atoms with E-state index in [9.17, 15) is 9.59 Å². The van der Waals surface area contributed by atoms with Gasteiger partial charge >= 0.3 is 0 Å². The second-order valence-corrected chi connectivity index (χ2v) is 10.7. The van der Waals surface area contributed by atoms with Crippen LogP contribution >= 0.6 is 0 Å². The van der Waals surface area contributed by atoms with Gasteiger partial charge in [0.2, 0.25) is 0 Å². The molecule has 2 aliphatic heterocycles. The minimum absolute atomic E-state index is 0.0728. The van der Waals surface area contributed by atoms with Crippen LogP contribution < -0.4 is 9.80 Å². The van der Waals surface area contributed by atoms with Crippen molar-refractivity contribution < 1.29 is 9.59 Å². The Kier molecular flexibility index (Phi) is 5.63. The molecule has 3 fully saturated rings. The third-order valence-electron chi connectivity index (χ3n) is 7.35. The maximum Gasteiger partial charge on any atom is 0.253 e. The first kappa shape index (κ1) is 21.9. The minimum Gasteiger partial charge on any atom is -0.361 e. The molecule has 0 radical (unpaired) electrons. The lowest BCUT2D eigenvalue weighted by Crippen LogP contribution is -2.49. The zero-order chi connectivity index (χ0) is 23.2. The second kappa shape index (κ2) is 8.47. The number of hydrogen-bond acceptors (Lipinski definition) is 5. The molecule has 1 saturated carbocycles. The summed E-state index contributed by atoms with van der Waals surface area (Å²) in [7, 11) is 0. The fourth-order valence-corrected chi connectivity index (χ4v) is 5.38. The summed E-state index contributed by atoms with van der Waals surface area (Å²) in [6, 6.07) is 9.96. The molecule has 1 aromatic carbocycles. The Balaban J connectivity index is 1.21. The summed E-state index contributed by atoms with van der Waals surface area (Å²) in [5, 5.41) is 0. The van der Waals surface area contributed by atoms with E-state index in [0.717, 1.165) is 43.8 Å². The largest absolute Gasteiger partial charge is 0.361 e. The lowest BCUT2D eigenvalue weighted by molar-refractivity contribution is -0.108. The summed E-state index contributed by atoms with van der Waals surface area (Å²) in [6.07, 6.45) is 6.52. The molecular formula is C27H34N4O2. The number of anilines is 2. The first-order chi connectivity index (χ1) is 15.8. The van der Waals surface area contributed by atoms with Crippen molar-refractivity contribution in [3.8, 4) is 0 Å². The molecule has 2 aromatic rings. The lowest BCUT2D eigenvalue weighted by Gasteiger charge is -2.36. The van der Waals surface area contributed by atoms with E-state index in [2.05, 4.69) is 36.6 Å². The van der Waals surface area contributed by atoms with Gasteiger partial charge in [-0.05, 0) is 72.9 Å². The zero-order valence-electron chi connectivity index (χ0n) is 20.0. The highest BCUT2D eigenvalue weighted by atomic mass is 16.2. The van der Waals surface area contributed by atoms with E-state index in [4.69, 9.17) is 4.98 Å². The first-order valence-corrected chi connectivity index (χ1v) is 12.2. The van der Waals surface area contributed by atoms with Gasteiger partial charge in [-0.1, -0.05) is 19.9 Å². The molecule has 1 atom stereocenters. The van der Waals surface area contributed by atoms with E-state index < -0.39 is 0 Å². The van der Waals surface area contributed by atoms with Crippen molar-refractivity contribution in [2.45, 2.75) is 52.0 Å². The van der Waals surface area contributed by atoms with Gasteiger partial charge in [-0.15, -0.1) is 0 Å². The van der Waals surface area contributed by atoms with Gasteiger partial charge in [0, 0.05) is 50.2 Å². The number of aldehydes is 1. The highest BCUT2D eigenvalue weighted by molar-refractivity contribution is 5.94. The predicted molar refractivity (Wildman–Crippen MR) is 131 cm³/mol. The first-order valence-electron chi connectivity index (χ1n) is 12.2. The van der Waals surface area contributed by atoms with Crippen LogP contribution in [-0.2, 0) is 4.79 Å². The average molecular weight is 447 g/mol. The third-order valence-corrected chi connectivity index (χ3v) is 7.35. The SMILES string of the molecule is Cc1cc(C2CC2)cnc1N1CCN(C(=O)c2ccc(N3CC(C)(C)CC3C=O)cc2)CC1. The third kappa shape index (κ3) is 4.48. The van der Waals surface area contributed by atoms with Crippen LogP contribution in [0.5, 0.6) is 0 Å². The number of benzene rings is 1. The van der Waals surface area contributed by atoms with Gasteiger partial charge < -0.3 is 19.5 Å². The number of amides is 1. The Morgan fingerprint density at radius 2 is 1.79 bits per heavy atom. The summed E-state index contributed by atoms with van der Waals surface area (Å²) in [4.78, 5) is 35.8. The molecule has 0 bridgehead atoms. The fraction of sp³-hybridized carbons (Fsp3) is 0.519. The number of rotatable bonds is 5. The van der Waals surface area contributed by atoms with Gasteiger partial charge in [-0.2, -0.15) is 0 Å². The standard InChI is InChI=1S/C27H34N4O2/c1-19-14-22(20-4-5-20)16-28-25(19)29-10-12-30(13-11-29)26(33)21-6-8-23(9-7-21)31-18-27(2,3)15-24(31)17-32/h6-9,14,16-17,20,24H,4-5,10-13,15,18H2,1-3H3. The number of carbonyl (C=O) groups excluding carboxylic acids is 2. The van der Waals surface area contributed by atoms with Crippen LogP contribution in [-0.4, -0.2) is 60.8 Å². The van der Waals surface area contributed by atoms with Gasteiger partial charge in [-0.25, -0.2) is 4.98 Å². The quantitative estimate of drug-likeness (QED) is 0.649. The zero-order valence-corrected chi connectivity index (χ0v) is 20.0. The molecule has 3 aliphatic rings. The number of carbonyl (C=O) groups is 2. The van der Waals surface area contributed by atoms with Gasteiger partial charge in [0.15, 0.2) is 0 Å². The van der Waals surface area contributed by atoms with E-state index in [1.54, 1.807) is 0 Å². The van der Waals surface area contributed by atoms with E-state index in [1.807, 2.05) is 35.4 Å². The molecule has 0 N–H and O–H groups in total. The van der Waals surface area contributed by atoms with Crippen LogP contribution in [0.15, 0.2) is 36.5 Å². The van der Waals surface area contributed by atoms with Crippen molar-refractivity contribution in [2.75, 3.05) is 42.5 Å². The van der Waals surface area contributed by atoms with Crippen molar-refractivity contribution in [3.05, 3.63) is 53.2 Å².